The molecular formula is C16H18ClN3O2. The SMILES string of the molecule is O=c1[nH]c2cc(Cl)ccc2cc1CN1C[C@@H]2NCCO[C@H]2C1. The van der Waals surface area contributed by atoms with Crippen LogP contribution in [0.5, 0.6) is 0 Å². The molecule has 2 aliphatic heterocycles. The number of hydrogen-bond donors (Lipinski definition) is 2. The van der Waals surface area contributed by atoms with Gasteiger partial charge in [-0.05, 0) is 23.6 Å². The van der Waals surface area contributed by atoms with E-state index < -0.39 is 0 Å². The van der Waals surface area contributed by atoms with Crippen molar-refractivity contribution >= 4 is 22.5 Å². The number of H-pyrrole nitrogens is 1. The molecule has 1 aromatic heterocycles. The summed E-state index contributed by atoms with van der Waals surface area (Å²) in [5.41, 5.74) is 1.52. The summed E-state index contributed by atoms with van der Waals surface area (Å²) < 4.78 is 5.78. The Bertz CT molecular complexity index is 747. The minimum absolute atomic E-state index is 0.0430. The number of fused-ring (bicyclic) bond motifs is 2. The number of ether oxygens (including phenoxy) is 1. The van der Waals surface area contributed by atoms with Gasteiger partial charge in [0, 0.05) is 48.3 Å². The van der Waals surface area contributed by atoms with Crippen molar-refractivity contribution in [3.05, 3.63) is 45.2 Å². The van der Waals surface area contributed by atoms with Gasteiger partial charge in [0.2, 0.25) is 0 Å². The second-order valence-electron chi connectivity index (χ2n) is 6.02. The van der Waals surface area contributed by atoms with Gasteiger partial charge >= 0.3 is 0 Å². The van der Waals surface area contributed by atoms with Crippen LogP contribution in [-0.4, -0.2) is 48.3 Å². The predicted octanol–water partition coefficient (Wildman–Crippen LogP) is 1.35. The Morgan fingerprint density at radius 3 is 3.09 bits per heavy atom. The largest absolute Gasteiger partial charge is 0.374 e. The van der Waals surface area contributed by atoms with E-state index in [-0.39, 0.29) is 11.7 Å². The van der Waals surface area contributed by atoms with Gasteiger partial charge in [-0.3, -0.25) is 9.69 Å². The van der Waals surface area contributed by atoms with Crippen molar-refractivity contribution in [3.8, 4) is 0 Å². The summed E-state index contributed by atoms with van der Waals surface area (Å²) >= 11 is 5.97. The third-order valence-corrected chi connectivity index (χ3v) is 4.70. The van der Waals surface area contributed by atoms with E-state index in [0.717, 1.165) is 42.7 Å². The van der Waals surface area contributed by atoms with Crippen LogP contribution in [0.25, 0.3) is 10.9 Å². The lowest BCUT2D eigenvalue weighted by Gasteiger charge is -2.25. The Kier molecular flexibility index (Phi) is 3.66. The first-order valence-electron chi connectivity index (χ1n) is 7.58. The van der Waals surface area contributed by atoms with Gasteiger partial charge in [-0.15, -0.1) is 0 Å². The maximum Gasteiger partial charge on any atom is 0.252 e. The van der Waals surface area contributed by atoms with Crippen LogP contribution in [0.15, 0.2) is 29.1 Å². The van der Waals surface area contributed by atoms with Gasteiger partial charge in [-0.2, -0.15) is 0 Å². The first-order chi connectivity index (χ1) is 10.7. The van der Waals surface area contributed by atoms with E-state index in [1.54, 1.807) is 6.07 Å². The van der Waals surface area contributed by atoms with Crippen LogP contribution in [0.3, 0.4) is 0 Å². The van der Waals surface area contributed by atoms with Gasteiger partial charge in [0.05, 0.1) is 12.7 Å². The fraction of sp³-hybridized carbons (Fsp3) is 0.438. The smallest absolute Gasteiger partial charge is 0.252 e. The lowest BCUT2D eigenvalue weighted by Crippen LogP contribution is -2.47. The fourth-order valence-electron chi connectivity index (χ4n) is 3.38. The van der Waals surface area contributed by atoms with Crippen LogP contribution < -0.4 is 10.9 Å². The minimum atomic E-state index is -0.0430. The quantitative estimate of drug-likeness (QED) is 0.877. The van der Waals surface area contributed by atoms with E-state index in [2.05, 4.69) is 15.2 Å². The van der Waals surface area contributed by atoms with E-state index in [4.69, 9.17) is 16.3 Å². The van der Waals surface area contributed by atoms with Gasteiger partial charge in [0.25, 0.3) is 5.56 Å². The highest BCUT2D eigenvalue weighted by molar-refractivity contribution is 6.31. The number of benzene rings is 1. The number of likely N-dealkylation sites (tertiary alicyclic amines) is 1. The number of halogens is 1. The second kappa shape index (κ2) is 5.66. The van der Waals surface area contributed by atoms with E-state index in [1.807, 2.05) is 18.2 Å². The summed E-state index contributed by atoms with van der Waals surface area (Å²) in [6, 6.07) is 7.90. The topological polar surface area (TPSA) is 57.4 Å². The van der Waals surface area contributed by atoms with Crippen molar-refractivity contribution in [1.29, 1.82) is 0 Å². The molecule has 3 heterocycles. The molecule has 5 nitrogen and oxygen atoms in total. The molecular weight excluding hydrogens is 302 g/mol. The zero-order valence-corrected chi connectivity index (χ0v) is 12.9. The maximum absolute atomic E-state index is 12.3. The zero-order chi connectivity index (χ0) is 15.1. The minimum Gasteiger partial charge on any atom is -0.374 e. The highest BCUT2D eigenvalue weighted by Crippen LogP contribution is 2.20. The molecule has 2 saturated heterocycles. The summed E-state index contributed by atoms with van der Waals surface area (Å²) in [6.07, 6.45) is 0.243. The number of aromatic amines is 1. The number of pyridine rings is 1. The number of aromatic nitrogens is 1. The molecule has 22 heavy (non-hydrogen) atoms. The Labute approximate surface area is 133 Å². The first-order valence-corrected chi connectivity index (χ1v) is 7.96. The maximum atomic E-state index is 12.3. The van der Waals surface area contributed by atoms with Gasteiger partial charge in [0.1, 0.15) is 0 Å². The highest BCUT2D eigenvalue weighted by Gasteiger charge is 2.35. The van der Waals surface area contributed by atoms with Crippen LogP contribution in [0.4, 0.5) is 0 Å². The fourth-order valence-corrected chi connectivity index (χ4v) is 3.55. The molecule has 0 amide bonds. The molecule has 2 aliphatic rings. The molecule has 6 heteroatoms. The van der Waals surface area contributed by atoms with Crippen molar-refractivity contribution in [2.45, 2.75) is 18.7 Å². The summed E-state index contributed by atoms with van der Waals surface area (Å²) in [7, 11) is 0. The van der Waals surface area contributed by atoms with Crippen molar-refractivity contribution in [3.63, 3.8) is 0 Å². The molecule has 2 aromatic rings. The predicted molar refractivity (Wildman–Crippen MR) is 86.4 cm³/mol. The Hall–Kier alpha value is -1.40. The van der Waals surface area contributed by atoms with E-state index in [9.17, 15) is 4.79 Å². The van der Waals surface area contributed by atoms with Crippen LogP contribution in [0.1, 0.15) is 5.56 Å². The Balaban J connectivity index is 1.58. The van der Waals surface area contributed by atoms with Gasteiger partial charge < -0.3 is 15.0 Å². The molecule has 4 rings (SSSR count). The van der Waals surface area contributed by atoms with Crippen molar-refractivity contribution in [2.75, 3.05) is 26.2 Å². The molecule has 116 valence electrons. The highest BCUT2D eigenvalue weighted by atomic mass is 35.5. The molecule has 0 spiro atoms. The number of nitrogens with one attached hydrogen (secondary N) is 2. The standard InChI is InChI=1S/C16H18ClN3O2/c17-12-2-1-10-5-11(16(21)19-13(10)6-12)7-20-8-14-15(9-20)22-4-3-18-14/h1-2,5-6,14-15,18H,3-4,7-9H2,(H,19,21)/t14-,15-/m0/s1. The molecule has 2 N–H and O–H groups in total. The van der Waals surface area contributed by atoms with E-state index >= 15 is 0 Å². The van der Waals surface area contributed by atoms with Gasteiger partial charge in [-0.25, -0.2) is 0 Å². The third kappa shape index (κ3) is 2.65. The number of hydrogen-bond acceptors (Lipinski definition) is 4. The molecule has 0 radical (unpaired) electrons. The monoisotopic (exact) mass is 319 g/mol. The van der Waals surface area contributed by atoms with E-state index in [1.165, 1.54) is 0 Å². The average molecular weight is 320 g/mol. The van der Waals surface area contributed by atoms with Crippen molar-refractivity contribution in [1.82, 2.24) is 15.2 Å². The molecule has 1 aromatic carbocycles. The molecule has 0 aliphatic carbocycles. The Morgan fingerprint density at radius 1 is 1.32 bits per heavy atom. The molecule has 2 atom stereocenters. The Morgan fingerprint density at radius 2 is 2.23 bits per heavy atom. The van der Waals surface area contributed by atoms with Crippen LogP contribution in [0, 0.1) is 0 Å². The van der Waals surface area contributed by atoms with E-state index in [0.29, 0.717) is 17.6 Å². The normalized spacial score (nSPS) is 25.5. The molecule has 0 bridgehead atoms. The summed E-state index contributed by atoms with van der Waals surface area (Å²) in [5, 5.41) is 5.11. The average Bonchev–Trinajstić information content (AvgIpc) is 2.90. The van der Waals surface area contributed by atoms with Crippen molar-refractivity contribution < 1.29 is 4.74 Å². The third-order valence-electron chi connectivity index (χ3n) is 4.46. The van der Waals surface area contributed by atoms with Gasteiger partial charge in [0.15, 0.2) is 0 Å². The number of morpholine rings is 1. The van der Waals surface area contributed by atoms with Gasteiger partial charge in [-0.1, -0.05) is 17.7 Å². The summed E-state index contributed by atoms with van der Waals surface area (Å²) in [6.45, 7) is 4.11. The molecule has 0 saturated carbocycles. The first kappa shape index (κ1) is 14.2. The number of rotatable bonds is 2. The second-order valence-corrected chi connectivity index (χ2v) is 6.46. The molecule has 2 fully saturated rings. The lowest BCUT2D eigenvalue weighted by atomic mass is 10.1. The number of nitrogens with zero attached hydrogens (tertiary/aromatic N) is 1. The van der Waals surface area contributed by atoms with Crippen LogP contribution in [0.2, 0.25) is 5.02 Å². The zero-order valence-electron chi connectivity index (χ0n) is 12.1. The lowest BCUT2D eigenvalue weighted by molar-refractivity contribution is 0.0175. The summed E-state index contributed by atoms with van der Waals surface area (Å²) in [4.78, 5) is 17.5. The summed E-state index contributed by atoms with van der Waals surface area (Å²) in [5.74, 6) is 0. The van der Waals surface area contributed by atoms with Crippen LogP contribution in [-0.2, 0) is 11.3 Å². The van der Waals surface area contributed by atoms with Crippen molar-refractivity contribution in [2.24, 2.45) is 0 Å². The molecule has 0 unspecified atom stereocenters. The van der Waals surface area contributed by atoms with Crippen LogP contribution >= 0.6 is 11.6 Å².